The van der Waals surface area contributed by atoms with Crippen molar-refractivity contribution in [1.82, 2.24) is 29.1 Å². The second-order valence-electron chi connectivity index (χ2n) is 6.06. The van der Waals surface area contributed by atoms with Crippen molar-refractivity contribution in [2.45, 2.75) is 39.7 Å². The van der Waals surface area contributed by atoms with Crippen LogP contribution < -0.4 is 0 Å². The molecule has 0 aromatic carbocycles. The lowest BCUT2D eigenvalue weighted by molar-refractivity contribution is 0.0736. The van der Waals surface area contributed by atoms with Gasteiger partial charge < -0.3 is 4.90 Å². The molecule has 0 radical (unpaired) electrons. The van der Waals surface area contributed by atoms with Crippen molar-refractivity contribution in [2.75, 3.05) is 6.54 Å². The molecule has 0 saturated heterocycles. The summed E-state index contributed by atoms with van der Waals surface area (Å²) in [6, 6.07) is 1.97. The van der Waals surface area contributed by atoms with Crippen molar-refractivity contribution < 1.29 is 4.79 Å². The third kappa shape index (κ3) is 2.47. The van der Waals surface area contributed by atoms with Crippen molar-refractivity contribution in [3.05, 3.63) is 39.8 Å². The third-order valence-electron chi connectivity index (χ3n) is 4.30. The maximum atomic E-state index is 12.8. The molecule has 0 saturated carbocycles. The fraction of sp³-hybridized carbons (Fsp3) is 0.438. The van der Waals surface area contributed by atoms with Gasteiger partial charge in [0.1, 0.15) is 4.88 Å². The molecule has 0 fully saturated rings. The number of hydrogen-bond acceptors (Lipinski definition) is 6. The molecule has 1 aliphatic rings. The zero-order valence-electron chi connectivity index (χ0n) is 13.7. The van der Waals surface area contributed by atoms with E-state index in [1.54, 1.807) is 0 Å². The standard InChI is InChI=1S/C16H18N6OS/c1-3-4-12-15(24-20-18-12)16(23)21-6-5-13-11(9-21)8-17-14-7-10(2)19-22(13)14/h7-8H,3-6,9H2,1-2H3. The Morgan fingerprint density at radius 2 is 2.29 bits per heavy atom. The van der Waals surface area contributed by atoms with E-state index in [1.165, 1.54) is 11.5 Å². The molecule has 24 heavy (non-hydrogen) atoms. The van der Waals surface area contributed by atoms with E-state index < -0.39 is 0 Å². The van der Waals surface area contributed by atoms with Gasteiger partial charge in [-0.3, -0.25) is 4.79 Å². The highest BCUT2D eigenvalue weighted by Crippen LogP contribution is 2.23. The van der Waals surface area contributed by atoms with Crippen molar-refractivity contribution in [1.29, 1.82) is 0 Å². The number of carbonyl (C=O) groups is 1. The van der Waals surface area contributed by atoms with Crippen LogP contribution in [-0.4, -0.2) is 41.5 Å². The minimum absolute atomic E-state index is 0.0239. The first-order valence-electron chi connectivity index (χ1n) is 8.11. The summed E-state index contributed by atoms with van der Waals surface area (Å²) in [4.78, 5) is 19.8. The molecule has 1 amide bonds. The van der Waals surface area contributed by atoms with Gasteiger partial charge in [0, 0.05) is 37.3 Å². The molecule has 124 valence electrons. The van der Waals surface area contributed by atoms with E-state index in [0.717, 1.165) is 47.6 Å². The molecule has 4 heterocycles. The van der Waals surface area contributed by atoms with Gasteiger partial charge in [0.15, 0.2) is 5.65 Å². The molecule has 0 aliphatic carbocycles. The molecule has 3 aromatic rings. The average molecular weight is 342 g/mol. The molecular formula is C16H18N6OS. The number of fused-ring (bicyclic) bond motifs is 3. The Bertz CT molecular complexity index is 915. The van der Waals surface area contributed by atoms with Crippen LogP contribution in [0.25, 0.3) is 5.65 Å². The summed E-state index contributed by atoms with van der Waals surface area (Å²) in [7, 11) is 0. The molecule has 8 heteroatoms. The fourth-order valence-corrected chi connectivity index (χ4v) is 3.82. The number of aryl methyl sites for hydroxylation is 2. The summed E-state index contributed by atoms with van der Waals surface area (Å²) in [6.07, 6.45) is 4.38. The molecule has 3 aromatic heterocycles. The van der Waals surface area contributed by atoms with Gasteiger partial charge in [-0.05, 0) is 24.9 Å². The van der Waals surface area contributed by atoms with Gasteiger partial charge >= 0.3 is 0 Å². The van der Waals surface area contributed by atoms with Gasteiger partial charge in [0.05, 0.1) is 17.1 Å². The topological polar surface area (TPSA) is 76.3 Å². The van der Waals surface area contributed by atoms with Crippen molar-refractivity contribution >= 4 is 23.1 Å². The first-order valence-corrected chi connectivity index (χ1v) is 8.88. The van der Waals surface area contributed by atoms with E-state index in [-0.39, 0.29) is 5.91 Å². The summed E-state index contributed by atoms with van der Waals surface area (Å²) >= 11 is 1.19. The van der Waals surface area contributed by atoms with Crippen LogP contribution in [0.2, 0.25) is 0 Å². The van der Waals surface area contributed by atoms with Gasteiger partial charge in [-0.15, -0.1) is 5.10 Å². The summed E-state index contributed by atoms with van der Waals surface area (Å²) in [6.45, 7) is 5.27. The molecule has 0 bridgehead atoms. The highest BCUT2D eigenvalue weighted by atomic mass is 32.1. The molecular weight excluding hydrogens is 324 g/mol. The molecule has 0 unspecified atom stereocenters. The zero-order chi connectivity index (χ0) is 16.7. The molecule has 0 atom stereocenters. The fourth-order valence-electron chi connectivity index (χ4n) is 3.14. The lowest BCUT2D eigenvalue weighted by Gasteiger charge is -2.28. The van der Waals surface area contributed by atoms with Gasteiger partial charge in [-0.1, -0.05) is 17.8 Å². The molecule has 7 nitrogen and oxygen atoms in total. The Hall–Kier alpha value is -2.35. The summed E-state index contributed by atoms with van der Waals surface area (Å²) in [5, 5.41) is 8.62. The van der Waals surface area contributed by atoms with Crippen molar-refractivity contribution in [3.63, 3.8) is 0 Å². The number of nitrogens with zero attached hydrogens (tertiary/aromatic N) is 6. The maximum Gasteiger partial charge on any atom is 0.267 e. The van der Waals surface area contributed by atoms with E-state index >= 15 is 0 Å². The molecule has 4 rings (SSSR count). The zero-order valence-corrected chi connectivity index (χ0v) is 14.5. The van der Waals surface area contributed by atoms with Gasteiger partial charge in [-0.25, -0.2) is 9.50 Å². The summed E-state index contributed by atoms with van der Waals surface area (Å²) < 4.78 is 5.87. The normalized spacial score (nSPS) is 14.2. The molecule has 1 aliphatic heterocycles. The minimum Gasteiger partial charge on any atom is -0.333 e. The van der Waals surface area contributed by atoms with E-state index in [9.17, 15) is 4.79 Å². The van der Waals surface area contributed by atoms with Crippen LogP contribution in [0.5, 0.6) is 0 Å². The lowest BCUT2D eigenvalue weighted by atomic mass is 10.1. The van der Waals surface area contributed by atoms with Gasteiger partial charge in [0.2, 0.25) is 0 Å². The number of hydrogen-bond donors (Lipinski definition) is 0. The van der Waals surface area contributed by atoms with Gasteiger partial charge in [-0.2, -0.15) is 5.10 Å². The molecule has 0 N–H and O–H groups in total. The van der Waals surface area contributed by atoms with Crippen LogP contribution in [0.4, 0.5) is 0 Å². The van der Waals surface area contributed by atoms with Gasteiger partial charge in [0.25, 0.3) is 5.91 Å². The number of aromatic nitrogens is 5. The number of carbonyl (C=O) groups excluding carboxylic acids is 1. The average Bonchev–Trinajstić information content (AvgIpc) is 3.19. The largest absolute Gasteiger partial charge is 0.333 e. The second kappa shape index (κ2) is 5.94. The van der Waals surface area contributed by atoms with Crippen LogP contribution in [0, 0.1) is 6.92 Å². The number of rotatable bonds is 3. The SMILES string of the molecule is CCCc1nnsc1C(=O)N1CCc2c(cnc3cc(C)nn23)C1. The van der Waals surface area contributed by atoms with Crippen molar-refractivity contribution in [2.24, 2.45) is 0 Å². The minimum atomic E-state index is 0.0239. The highest BCUT2D eigenvalue weighted by Gasteiger charge is 2.27. The monoisotopic (exact) mass is 342 g/mol. The second-order valence-corrected chi connectivity index (χ2v) is 6.82. The third-order valence-corrected chi connectivity index (χ3v) is 5.05. The van der Waals surface area contributed by atoms with Crippen LogP contribution in [-0.2, 0) is 19.4 Å². The Labute approximate surface area is 143 Å². The van der Waals surface area contributed by atoms with E-state index in [2.05, 4.69) is 26.6 Å². The van der Waals surface area contributed by atoms with Crippen LogP contribution in [0.15, 0.2) is 12.3 Å². The quantitative estimate of drug-likeness (QED) is 0.728. The Kier molecular flexibility index (Phi) is 3.76. The number of amides is 1. The Morgan fingerprint density at radius 3 is 3.12 bits per heavy atom. The Balaban J connectivity index is 1.63. The highest BCUT2D eigenvalue weighted by molar-refractivity contribution is 7.08. The van der Waals surface area contributed by atoms with E-state index in [1.807, 2.05) is 28.6 Å². The first kappa shape index (κ1) is 15.2. The predicted octanol–water partition coefficient (Wildman–Crippen LogP) is 2.04. The summed E-state index contributed by atoms with van der Waals surface area (Å²) in [5.74, 6) is 0.0239. The lowest BCUT2D eigenvalue weighted by Crippen LogP contribution is -2.37. The van der Waals surface area contributed by atoms with Crippen LogP contribution in [0.1, 0.15) is 45.7 Å². The van der Waals surface area contributed by atoms with Crippen LogP contribution >= 0.6 is 11.5 Å². The predicted molar refractivity (Wildman–Crippen MR) is 90.1 cm³/mol. The summed E-state index contributed by atoms with van der Waals surface area (Å²) in [5.41, 5.74) is 4.83. The Morgan fingerprint density at radius 1 is 1.42 bits per heavy atom. The maximum absolute atomic E-state index is 12.8. The van der Waals surface area contributed by atoms with Crippen LogP contribution in [0.3, 0.4) is 0 Å². The smallest absolute Gasteiger partial charge is 0.267 e. The molecule has 0 spiro atoms. The first-order chi connectivity index (χ1) is 11.7. The van der Waals surface area contributed by atoms with Crippen molar-refractivity contribution in [3.8, 4) is 0 Å². The van der Waals surface area contributed by atoms with E-state index in [4.69, 9.17) is 0 Å². The van der Waals surface area contributed by atoms with E-state index in [0.29, 0.717) is 18.0 Å².